The lowest BCUT2D eigenvalue weighted by Gasteiger charge is -2.26. The lowest BCUT2D eigenvalue weighted by molar-refractivity contribution is -0.131. The van der Waals surface area contributed by atoms with Gasteiger partial charge in [-0.05, 0) is 52.6 Å². The van der Waals surface area contributed by atoms with Crippen LogP contribution in [-0.2, 0) is 19.1 Å². The molecule has 3 atom stereocenters. The zero-order valence-electron chi connectivity index (χ0n) is 28.5. The number of carbonyl (C=O) groups excluding carboxylic acids is 4. The van der Waals surface area contributed by atoms with Crippen molar-refractivity contribution in [2.75, 3.05) is 12.4 Å². The number of thioether (sulfide) groups is 1. The van der Waals surface area contributed by atoms with Crippen molar-refractivity contribution in [2.24, 2.45) is 11.7 Å². The smallest absolute Gasteiger partial charge is 0.407 e. The number of amides is 4. The lowest BCUT2D eigenvalue weighted by Crippen LogP contribution is -2.57. The molecule has 0 unspecified atom stereocenters. The van der Waals surface area contributed by atoms with Gasteiger partial charge in [0.15, 0.2) is 0 Å². The van der Waals surface area contributed by atoms with E-state index in [1.807, 2.05) is 111 Å². The molecule has 260 valence electrons. The SMILES string of the molecule is CC(C)C[C@H](NC(=O)[C@H](CSC(c1ccccc1)c1ccccc1)NC(=O)[C@H](C)NC(=O)OCC1c2ccccc2-c2ccccc21)C(N)=O. The minimum atomic E-state index is -1.04. The van der Waals surface area contributed by atoms with Crippen molar-refractivity contribution < 1.29 is 23.9 Å². The number of hydrogen-bond acceptors (Lipinski definition) is 6. The van der Waals surface area contributed by atoms with Gasteiger partial charge in [0.1, 0.15) is 24.7 Å². The highest BCUT2D eigenvalue weighted by molar-refractivity contribution is 7.99. The van der Waals surface area contributed by atoms with Crippen molar-refractivity contribution in [3.63, 3.8) is 0 Å². The van der Waals surface area contributed by atoms with E-state index >= 15 is 0 Å². The Morgan fingerprint density at radius 2 is 1.18 bits per heavy atom. The molecule has 0 saturated carbocycles. The summed E-state index contributed by atoms with van der Waals surface area (Å²) in [6, 6.07) is 32.9. The summed E-state index contributed by atoms with van der Waals surface area (Å²) in [4.78, 5) is 52.4. The molecule has 0 fully saturated rings. The van der Waals surface area contributed by atoms with Gasteiger partial charge >= 0.3 is 6.09 Å². The van der Waals surface area contributed by atoms with Gasteiger partial charge in [-0.1, -0.05) is 123 Å². The average molecular weight is 693 g/mol. The third kappa shape index (κ3) is 9.12. The Kier molecular flexibility index (Phi) is 12.3. The lowest BCUT2D eigenvalue weighted by atomic mass is 9.98. The van der Waals surface area contributed by atoms with Crippen molar-refractivity contribution >= 4 is 35.6 Å². The third-order valence-corrected chi connectivity index (χ3v) is 10.1. The van der Waals surface area contributed by atoms with Gasteiger partial charge in [0.25, 0.3) is 0 Å². The maximum absolute atomic E-state index is 13.7. The second-order valence-electron chi connectivity index (χ2n) is 12.9. The van der Waals surface area contributed by atoms with E-state index in [4.69, 9.17) is 10.5 Å². The van der Waals surface area contributed by atoms with Crippen LogP contribution in [0.5, 0.6) is 0 Å². The van der Waals surface area contributed by atoms with E-state index in [9.17, 15) is 19.2 Å². The van der Waals surface area contributed by atoms with Crippen LogP contribution in [-0.4, -0.2) is 54.3 Å². The molecule has 0 spiro atoms. The van der Waals surface area contributed by atoms with Crippen molar-refractivity contribution in [3.05, 3.63) is 131 Å². The number of nitrogens with two attached hydrogens (primary N) is 1. The minimum absolute atomic E-state index is 0.0946. The highest BCUT2D eigenvalue weighted by Gasteiger charge is 2.31. The Balaban J connectivity index is 1.26. The van der Waals surface area contributed by atoms with Gasteiger partial charge in [-0.25, -0.2) is 4.79 Å². The van der Waals surface area contributed by atoms with Crippen LogP contribution < -0.4 is 21.7 Å². The molecule has 5 rings (SSSR count). The summed E-state index contributed by atoms with van der Waals surface area (Å²) in [5.41, 5.74) is 12.1. The highest BCUT2D eigenvalue weighted by Crippen LogP contribution is 2.44. The van der Waals surface area contributed by atoms with Crippen LogP contribution in [0.4, 0.5) is 4.79 Å². The first-order valence-corrected chi connectivity index (χ1v) is 17.9. The summed E-state index contributed by atoms with van der Waals surface area (Å²) < 4.78 is 5.64. The van der Waals surface area contributed by atoms with Crippen LogP contribution in [0.2, 0.25) is 0 Å². The van der Waals surface area contributed by atoms with E-state index in [1.165, 1.54) is 18.7 Å². The molecule has 0 aliphatic heterocycles. The van der Waals surface area contributed by atoms with Gasteiger partial charge in [-0.15, -0.1) is 11.8 Å². The normalized spacial score (nSPS) is 13.9. The number of alkyl carbamates (subject to hydrolysis) is 1. The molecule has 0 radical (unpaired) electrons. The molecule has 10 heteroatoms. The molecular weight excluding hydrogens is 649 g/mol. The zero-order valence-corrected chi connectivity index (χ0v) is 29.3. The molecule has 0 saturated heterocycles. The molecule has 4 aromatic rings. The summed E-state index contributed by atoms with van der Waals surface area (Å²) in [5.74, 6) is -1.62. The van der Waals surface area contributed by atoms with Crippen LogP contribution in [0.25, 0.3) is 11.1 Å². The largest absolute Gasteiger partial charge is 0.449 e. The number of benzene rings is 4. The van der Waals surface area contributed by atoms with E-state index in [-0.39, 0.29) is 29.4 Å². The predicted molar refractivity (Wildman–Crippen MR) is 197 cm³/mol. The van der Waals surface area contributed by atoms with Crippen LogP contribution in [0.15, 0.2) is 109 Å². The van der Waals surface area contributed by atoms with Crippen molar-refractivity contribution in [2.45, 2.75) is 56.5 Å². The van der Waals surface area contributed by atoms with Crippen molar-refractivity contribution in [1.82, 2.24) is 16.0 Å². The number of ether oxygens (including phenoxy) is 1. The molecule has 0 aromatic heterocycles. The van der Waals surface area contributed by atoms with Crippen LogP contribution >= 0.6 is 11.8 Å². The molecule has 1 aliphatic carbocycles. The Labute approximate surface area is 297 Å². The maximum atomic E-state index is 13.7. The maximum Gasteiger partial charge on any atom is 0.407 e. The Bertz CT molecular complexity index is 1700. The molecule has 1 aliphatic rings. The first-order chi connectivity index (χ1) is 24.1. The number of primary amides is 1. The van der Waals surface area contributed by atoms with Gasteiger partial charge in [-0.2, -0.15) is 0 Å². The average Bonchev–Trinajstić information content (AvgIpc) is 3.44. The Morgan fingerprint density at radius 3 is 1.70 bits per heavy atom. The number of fused-ring (bicyclic) bond motifs is 3. The number of carbonyl (C=O) groups is 4. The molecule has 5 N–H and O–H groups in total. The van der Waals surface area contributed by atoms with Gasteiger partial charge < -0.3 is 26.4 Å². The second kappa shape index (κ2) is 17.0. The zero-order chi connectivity index (χ0) is 35.6. The van der Waals surface area contributed by atoms with E-state index < -0.39 is 41.9 Å². The van der Waals surface area contributed by atoms with Crippen molar-refractivity contribution in [3.8, 4) is 11.1 Å². The Hall–Kier alpha value is -5.09. The van der Waals surface area contributed by atoms with E-state index in [1.54, 1.807) is 0 Å². The first kappa shape index (κ1) is 36.2. The Morgan fingerprint density at radius 1 is 0.680 bits per heavy atom. The molecule has 4 aromatic carbocycles. The fourth-order valence-electron chi connectivity index (χ4n) is 6.18. The third-order valence-electron chi connectivity index (χ3n) is 8.71. The van der Waals surface area contributed by atoms with Gasteiger partial charge in [0.2, 0.25) is 17.7 Å². The van der Waals surface area contributed by atoms with Gasteiger partial charge in [0.05, 0.1) is 5.25 Å². The quantitative estimate of drug-likeness (QED) is 0.122. The van der Waals surface area contributed by atoms with E-state index in [2.05, 4.69) is 28.1 Å². The van der Waals surface area contributed by atoms with Crippen LogP contribution in [0.1, 0.15) is 60.6 Å². The molecule has 50 heavy (non-hydrogen) atoms. The first-order valence-electron chi connectivity index (χ1n) is 16.9. The molecule has 9 nitrogen and oxygen atoms in total. The summed E-state index contributed by atoms with van der Waals surface area (Å²) in [6.45, 7) is 5.48. The minimum Gasteiger partial charge on any atom is -0.449 e. The summed E-state index contributed by atoms with van der Waals surface area (Å²) in [5, 5.41) is 8.03. The van der Waals surface area contributed by atoms with E-state index in [0.717, 1.165) is 33.4 Å². The van der Waals surface area contributed by atoms with E-state index in [0.29, 0.717) is 6.42 Å². The van der Waals surface area contributed by atoms with Crippen LogP contribution in [0.3, 0.4) is 0 Å². The number of hydrogen-bond donors (Lipinski definition) is 4. The van der Waals surface area contributed by atoms with Gasteiger partial charge in [0, 0.05) is 11.7 Å². The molecule has 0 heterocycles. The summed E-state index contributed by atoms with van der Waals surface area (Å²) in [6.07, 6.45) is -0.394. The van der Waals surface area contributed by atoms with Gasteiger partial charge in [-0.3, -0.25) is 14.4 Å². The molecular formula is C40H44N4O5S. The van der Waals surface area contributed by atoms with Crippen LogP contribution in [0, 0.1) is 5.92 Å². The second-order valence-corrected chi connectivity index (χ2v) is 14.0. The highest BCUT2D eigenvalue weighted by atomic mass is 32.2. The fourth-order valence-corrected chi connectivity index (χ4v) is 7.50. The summed E-state index contributed by atoms with van der Waals surface area (Å²) >= 11 is 1.49. The molecule has 0 bridgehead atoms. The summed E-state index contributed by atoms with van der Waals surface area (Å²) in [7, 11) is 0. The number of nitrogens with one attached hydrogen (secondary N) is 3. The standard InChI is InChI=1S/C40H44N4O5S/c1-25(2)22-34(37(41)45)43-39(47)35(24-50-36(27-14-6-4-7-15-27)28-16-8-5-9-17-28)44-38(46)26(3)42-40(48)49-23-33-31-20-12-10-18-29(31)30-19-11-13-21-32(30)33/h4-21,25-26,33-36H,22-24H2,1-3H3,(H2,41,45)(H,42,48)(H,43,47)(H,44,46)/t26-,34-,35-/m0/s1. The topological polar surface area (TPSA) is 140 Å². The van der Waals surface area contributed by atoms with Crippen molar-refractivity contribution in [1.29, 1.82) is 0 Å². The number of rotatable bonds is 15. The molecule has 4 amide bonds. The predicted octanol–water partition coefficient (Wildman–Crippen LogP) is 5.94. The monoisotopic (exact) mass is 692 g/mol. The fraction of sp³-hybridized carbons (Fsp3) is 0.300.